The highest BCUT2D eigenvalue weighted by atomic mass is 16.4. The molecule has 2 aromatic carbocycles. The van der Waals surface area contributed by atoms with E-state index in [-0.39, 0.29) is 18.2 Å². The number of nitrogens with zero attached hydrogens (tertiary/aromatic N) is 3. The molecule has 198 valence electrons. The van der Waals surface area contributed by atoms with Gasteiger partial charge in [0, 0.05) is 29.9 Å². The number of carboxylic acids is 1. The van der Waals surface area contributed by atoms with E-state index in [0.29, 0.717) is 29.0 Å². The van der Waals surface area contributed by atoms with Crippen LogP contribution in [0.2, 0.25) is 0 Å². The lowest BCUT2D eigenvalue weighted by Gasteiger charge is -2.30. The summed E-state index contributed by atoms with van der Waals surface area (Å²) in [6.07, 6.45) is 6.87. The van der Waals surface area contributed by atoms with Crippen molar-refractivity contribution in [3.05, 3.63) is 89.6 Å². The first kappa shape index (κ1) is 26.0. The number of pyridine rings is 1. The van der Waals surface area contributed by atoms with Crippen LogP contribution in [-0.4, -0.2) is 32.4 Å². The molecule has 8 heteroatoms. The number of hydrogen-bond donors (Lipinski definition) is 3. The zero-order valence-corrected chi connectivity index (χ0v) is 21.6. The van der Waals surface area contributed by atoms with E-state index in [1.807, 2.05) is 53.1 Å². The molecule has 1 saturated carbocycles. The normalized spacial score (nSPS) is 14.4. The number of hydrogen-bond acceptors (Lipinski definition) is 5. The SMILES string of the molecule is N#Cc1ccc(-c2nc3cc(C(=O)NC(CC(=O)O)C4CCCCC4)ccn3c2NCc2ccccc2)cc1. The number of aromatic nitrogens is 2. The van der Waals surface area contributed by atoms with Crippen LogP contribution in [0.3, 0.4) is 0 Å². The highest BCUT2D eigenvalue weighted by Crippen LogP contribution is 2.31. The Bertz CT molecular complexity index is 1500. The maximum Gasteiger partial charge on any atom is 0.305 e. The molecule has 2 heterocycles. The minimum atomic E-state index is -0.907. The third-order valence-electron chi connectivity index (χ3n) is 7.41. The largest absolute Gasteiger partial charge is 0.481 e. The Morgan fingerprint density at radius 3 is 2.49 bits per heavy atom. The van der Waals surface area contributed by atoms with E-state index in [1.165, 1.54) is 0 Å². The number of aliphatic carboxylic acids is 1. The van der Waals surface area contributed by atoms with E-state index in [2.05, 4.69) is 16.7 Å². The summed E-state index contributed by atoms with van der Waals surface area (Å²) < 4.78 is 1.91. The van der Waals surface area contributed by atoms with Crippen LogP contribution in [0.5, 0.6) is 0 Å². The van der Waals surface area contributed by atoms with E-state index in [4.69, 9.17) is 4.98 Å². The second-order valence-corrected chi connectivity index (χ2v) is 10.1. The molecule has 0 saturated heterocycles. The van der Waals surface area contributed by atoms with Crippen molar-refractivity contribution in [2.24, 2.45) is 5.92 Å². The third-order valence-corrected chi connectivity index (χ3v) is 7.41. The van der Waals surface area contributed by atoms with Gasteiger partial charge in [-0.3, -0.25) is 14.0 Å². The van der Waals surface area contributed by atoms with Crippen LogP contribution < -0.4 is 10.6 Å². The number of carboxylic acid groups (broad SMARTS) is 1. The van der Waals surface area contributed by atoms with E-state index in [0.717, 1.165) is 49.0 Å². The quantitative estimate of drug-likeness (QED) is 0.262. The molecule has 1 amide bonds. The minimum Gasteiger partial charge on any atom is -0.481 e. The lowest BCUT2D eigenvalue weighted by atomic mass is 9.82. The Kier molecular flexibility index (Phi) is 7.88. The van der Waals surface area contributed by atoms with Crippen LogP contribution in [-0.2, 0) is 11.3 Å². The van der Waals surface area contributed by atoms with Crippen molar-refractivity contribution in [2.45, 2.75) is 51.1 Å². The van der Waals surface area contributed by atoms with Gasteiger partial charge in [0.1, 0.15) is 17.2 Å². The van der Waals surface area contributed by atoms with Crippen molar-refractivity contribution in [3.63, 3.8) is 0 Å². The Balaban J connectivity index is 1.45. The first-order chi connectivity index (χ1) is 19.0. The van der Waals surface area contributed by atoms with Gasteiger partial charge in [-0.15, -0.1) is 0 Å². The lowest BCUT2D eigenvalue weighted by molar-refractivity contribution is -0.137. The van der Waals surface area contributed by atoms with Crippen molar-refractivity contribution in [1.82, 2.24) is 14.7 Å². The number of fused-ring (bicyclic) bond motifs is 1. The fourth-order valence-electron chi connectivity index (χ4n) is 5.35. The number of benzene rings is 2. The fourth-order valence-corrected chi connectivity index (χ4v) is 5.35. The Labute approximate surface area is 227 Å². The summed E-state index contributed by atoms with van der Waals surface area (Å²) in [5.74, 6) is -0.256. The molecule has 0 spiro atoms. The fraction of sp³-hybridized carbons (Fsp3) is 0.290. The number of anilines is 1. The summed E-state index contributed by atoms with van der Waals surface area (Å²) in [5, 5.41) is 25.2. The minimum absolute atomic E-state index is 0.0849. The first-order valence-corrected chi connectivity index (χ1v) is 13.3. The highest BCUT2D eigenvalue weighted by molar-refractivity contribution is 5.96. The zero-order valence-electron chi connectivity index (χ0n) is 21.6. The molecular formula is C31H31N5O3. The predicted molar refractivity (Wildman–Crippen MR) is 149 cm³/mol. The molecule has 0 radical (unpaired) electrons. The molecular weight excluding hydrogens is 490 g/mol. The molecule has 8 nitrogen and oxygen atoms in total. The summed E-state index contributed by atoms with van der Waals surface area (Å²) in [6.45, 7) is 0.582. The standard InChI is InChI=1S/C31H31N5O3/c32-19-21-11-13-24(14-12-21)29-30(33-20-22-7-3-1-4-8-22)36-16-15-25(17-27(36)35-29)31(39)34-26(18-28(37)38)23-9-5-2-6-10-23/h1,3-4,7-8,11-17,23,26,33H,2,5-6,9-10,18,20H2,(H,34,39)(H,37,38). The van der Waals surface area contributed by atoms with Gasteiger partial charge < -0.3 is 15.7 Å². The average molecular weight is 522 g/mol. The second kappa shape index (κ2) is 11.8. The van der Waals surface area contributed by atoms with Crippen LogP contribution in [0.25, 0.3) is 16.9 Å². The van der Waals surface area contributed by atoms with Gasteiger partial charge in [-0.05, 0) is 48.6 Å². The monoisotopic (exact) mass is 521 g/mol. The second-order valence-electron chi connectivity index (χ2n) is 10.1. The summed E-state index contributed by atoms with van der Waals surface area (Å²) >= 11 is 0. The molecule has 39 heavy (non-hydrogen) atoms. The molecule has 4 aromatic rings. The number of imidazole rings is 1. The summed E-state index contributed by atoms with van der Waals surface area (Å²) in [4.78, 5) is 29.7. The smallest absolute Gasteiger partial charge is 0.305 e. The average Bonchev–Trinajstić information content (AvgIpc) is 3.34. The lowest BCUT2D eigenvalue weighted by Crippen LogP contribution is -2.42. The molecule has 1 atom stereocenters. The Hall–Kier alpha value is -4.64. The van der Waals surface area contributed by atoms with E-state index < -0.39 is 12.0 Å². The summed E-state index contributed by atoms with van der Waals surface area (Å²) in [6, 6.07) is 22.5. The van der Waals surface area contributed by atoms with Crippen LogP contribution in [0, 0.1) is 17.2 Å². The van der Waals surface area contributed by atoms with Crippen molar-refractivity contribution in [1.29, 1.82) is 5.26 Å². The van der Waals surface area contributed by atoms with Gasteiger partial charge in [0.05, 0.1) is 18.1 Å². The number of carbonyl (C=O) groups excluding carboxylic acids is 1. The highest BCUT2D eigenvalue weighted by Gasteiger charge is 2.28. The third kappa shape index (κ3) is 6.10. The van der Waals surface area contributed by atoms with E-state index in [1.54, 1.807) is 24.3 Å². The molecule has 0 bridgehead atoms. The topological polar surface area (TPSA) is 120 Å². The Morgan fingerprint density at radius 1 is 1.05 bits per heavy atom. The van der Waals surface area contributed by atoms with Gasteiger partial charge in [0.2, 0.25) is 0 Å². The molecule has 1 aliphatic rings. The molecule has 1 fully saturated rings. The Morgan fingerprint density at radius 2 is 1.79 bits per heavy atom. The van der Waals surface area contributed by atoms with Crippen molar-refractivity contribution < 1.29 is 14.7 Å². The summed E-state index contributed by atoms with van der Waals surface area (Å²) in [7, 11) is 0. The predicted octanol–water partition coefficient (Wildman–Crippen LogP) is 5.64. The van der Waals surface area contributed by atoms with Crippen LogP contribution in [0.4, 0.5) is 5.82 Å². The van der Waals surface area contributed by atoms with Gasteiger partial charge >= 0.3 is 5.97 Å². The van der Waals surface area contributed by atoms with Gasteiger partial charge in [-0.2, -0.15) is 5.26 Å². The number of nitrogens with one attached hydrogen (secondary N) is 2. The van der Waals surface area contributed by atoms with Gasteiger partial charge in [0.15, 0.2) is 0 Å². The maximum atomic E-state index is 13.3. The van der Waals surface area contributed by atoms with Crippen molar-refractivity contribution in [3.8, 4) is 17.3 Å². The molecule has 1 unspecified atom stereocenters. The molecule has 3 N–H and O–H groups in total. The molecule has 5 rings (SSSR count). The molecule has 1 aliphatic carbocycles. The maximum absolute atomic E-state index is 13.3. The number of nitriles is 1. The molecule has 0 aliphatic heterocycles. The van der Waals surface area contributed by atoms with Crippen molar-refractivity contribution in [2.75, 3.05) is 5.32 Å². The van der Waals surface area contributed by atoms with Crippen molar-refractivity contribution >= 4 is 23.3 Å². The van der Waals surface area contributed by atoms with E-state index >= 15 is 0 Å². The van der Waals surface area contributed by atoms with Gasteiger partial charge in [-0.25, -0.2) is 4.98 Å². The van der Waals surface area contributed by atoms with Crippen LogP contribution in [0.15, 0.2) is 72.9 Å². The number of amides is 1. The van der Waals surface area contributed by atoms with Gasteiger partial charge in [-0.1, -0.05) is 61.7 Å². The van der Waals surface area contributed by atoms with Crippen LogP contribution >= 0.6 is 0 Å². The zero-order chi connectivity index (χ0) is 27.2. The van der Waals surface area contributed by atoms with E-state index in [9.17, 15) is 20.0 Å². The van der Waals surface area contributed by atoms with Crippen LogP contribution in [0.1, 0.15) is 60.0 Å². The number of carbonyl (C=O) groups is 2. The number of rotatable bonds is 9. The first-order valence-electron chi connectivity index (χ1n) is 13.3. The summed E-state index contributed by atoms with van der Waals surface area (Å²) in [5.41, 5.74) is 4.25. The van der Waals surface area contributed by atoms with Gasteiger partial charge in [0.25, 0.3) is 5.91 Å². The molecule has 2 aromatic heterocycles.